The predicted octanol–water partition coefficient (Wildman–Crippen LogP) is 0.677. The van der Waals surface area contributed by atoms with Crippen LogP contribution in [0, 0.1) is 10.1 Å². The Labute approximate surface area is 91.1 Å². The van der Waals surface area contributed by atoms with Crippen molar-refractivity contribution in [1.29, 1.82) is 0 Å². The monoisotopic (exact) mass is 299 g/mol. The van der Waals surface area contributed by atoms with Gasteiger partial charge < -0.3 is 0 Å². The van der Waals surface area contributed by atoms with Crippen molar-refractivity contribution in [2.24, 2.45) is 0 Å². The van der Waals surface area contributed by atoms with Crippen LogP contribution in [0.25, 0.3) is 0 Å². The summed E-state index contributed by atoms with van der Waals surface area (Å²) in [6.07, 6.45) is 0. The normalized spacial score (nSPS) is 11.3. The molecule has 0 amide bonds. The van der Waals surface area contributed by atoms with Gasteiger partial charge in [0.1, 0.15) is 0 Å². The second-order valence-corrected chi connectivity index (χ2v) is 9.16. The standard InChI is InChI=1S/C7H9NO5SSe/c9-8(10)7-3-1-6(2-4-7)5-15-14(11,12)13/h1-4,15H,5H2,(H2,11,12,13). The summed E-state index contributed by atoms with van der Waals surface area (Å²) in [5.41, 5.74) is 0.681. The van der Waals surface area contributed by atoms with Gasteiger partial charge in [0.15, 0.2) is 0 Å². The molecule has 0 bridgehead atoms. The number of non-ortho nitro benzene ring substituents is 1. The first-order valence-electron chi connectivity index (χ1n) is 3.79. The van der Waals surface area contributed by atoms with E-state index in [-0.39, 0.29) is 5.69 Å². The quantitative estimate of drug-likeness (QED) is 0.485. The third kappa shape index (κ3) is 4.50. The summed E-state index contributed by atoms with van der Waals surface area (Å²) in [5.74, 6) is 0. The average Bonchev–Trinajstić information content (AvgIpc) is 2.14. The fourth-order valence-electron chi connectivity index (χ4n) is 0.882. The summed E-state index contributed by atoms with van der Waals surface area (Å²) in [7, 11) is -3.64. The van der Waals surface area contributed by atoms with Crippen LogP contribution in [0.4, 0.5) is 5.69 Å². The van der Waals surface area contributed by atoms with E-state index in [0.29, 0.717) is 10.9 Å². The van der Waals surface area contributed by atoms with E-state index in [4.69, 9.17) is 9.11 Å². The molecule has 0 fully saturated rings. The zero-order chi connectivity index (χ0) is 11.5. The number of nitro benzene ring substituents is 1. The van der Waals surface area contributed by atoms with Crippen molar-refractivity contribution in [3.05, 3.63) is 39.9 Å². The van der Waals surface area contributed by atoms with Gasteiger partial charge in [-0.3, -0.25) is 0 Å². The van der Waals surface area contributed by atoms with Gasteiger partial charge in [0.25, 0.3) is 0 Å². The second-order valence-electron chi connectivity index (χ2n) is 2.68. The van der Waals surface area contributed by atoms with Crippen LogP contribution in [0.2, 0.25) is 0 Å². The number of hydrogen-bond acceptors (Lipinski definition) is 3. The number of rotatable bonds is 3. The summed E-state index contributed by atoms with van der Waals surface area (Å²) < 4.78 is 27.9. The van der Waals surface area contributed by atoms with Crippen molar-refractivity contribution in [1.82, 2.24) is 0 Å². The molecule has 8 heteroatoms. The van der Waals surface area contributed by atoms with E-state index in [1.165, 1.54) is 24.3 Å². The van der Waals surface area contributed by atoms with Crippen molar-refractivity contribution in [3.8, 4) is 0 Å². The van der Waals surface area contributed by atoms with Crippen molar-refractivity contribution < 1.29 is 18.2 Å². The van der Waals surface area contributed by atoms with E-state index < -0.39 is 26.7 Å². The van der Waals surface area contributed by atoms with Gasteiger partial charge in [0.2, 0.25) is 0 Å². The summed E-state index contributed by atoms with van der Waals surface area (Å²) >= 11 is -1.11. The molecule has 1 rings (SSSR count). The van der Waals surface area contributed by atoms with Crippen LogP contribution in [-0.4, -0.2) is 31.6 Å². The van der Waals surface area contributed by atoms with Crippen LogP contribution < -0.4 is 0 Å². The molecule has 2 N–H and O–H groups in total. The molecule has 0 aromatic heterocycles. The molecule has 0 aliphatic heterocycles. The Hall–Kier alpha value is -0.791. The van der Waals surface area contributed by atoms with E-state index in [0.717, 1.165) is 0 Å². The van der Waals surface area contributed by atoms with Gasteiger partial charge in [0.05, 0.1) is 0 Å². The Kier molecular flexibility index (Phi) is 3.95. The molecular formula is C7H9NO5SSe. The van der Waals surface area contributed by atoms with Gasteiger partial charge in [-0.05, 0) is 0 Å². The van der Waals surface area contributed by atoms with Gasteiger partial charge in [0, 0.05) is 0 Å². The molecule has 0 aliphatic carbocycles. The molecule has 0 saturated heterocycles. The second kappa shape index (κ2) is 4.82. The van der Waals surface area contributed by atoms with Crippen molar-refractivity contribution in [2.45, 2.75) is 5.32 Å². The van der Waals surface area contributed by atoms with Gasteiger partial charge in [-0.15, -0.1) is 0 Å². The van der Waals surface area contributed by atoms with E-state index in [1.807, 2.05) is 0 Å². The predicted molar refractivity (Wildman–Crippen MR) is 57.3 cm³/mol. The van der Waals surface area contributed by atoms with Crippen molar-refractivity contribution in [3.63, 3.8) is 0 Å². The summed E-state index contributed by atoms with van der Waals surface area (Å²) in [6.45, 7) is 0. The molecule has 84 valence electrons. The Morgan fingerprint density at radius 1 is 1.33 bits per heavy atom. The van der Waals surface area contributed by atoms with Crippen LogP contribution >= 0.6 is 0 Å². The summed E-state index contributed by atoms with van der Waals surface area (Å²) in [6, 6.07) is 5.68. The van der Waals surface area contributed by atoms with E-state index >= 15 is 0 Å². The minimum absolute atomic E-state index is 0.0243. The Morgan fingerprint density at radius 3 is 2.27 bits per heavy atom. The molecule has 0 heterocycles. The first kappa shape index (κ1) is 12.3. The van der Waals surface area contributed by atoms with Crippen LogP contribution in [0.3, 0.4) is 0 Å². The third-order valence-electron chi connectivity index (χ3n) is 1.56. The molecule has 1 aromatic rings. The fraction of sp³-hybridized carbons (Fsp3) is 0.143. The maximum atomic E-state index is 10.6. The van der Waals surface area contributed by atoms with Crippen LogP contribution in [0.1, 0.15) is 5.56 Å². The first-order chi connectivity index (χ1) is 6.88. The molecule has 0 radical (unpaired) electrons. The van der Waals surface area contributed by atoms with Gasteiger partial charge in [-0.25, -0.2) is 0 Å². The third-order valence-corrected chi connectivity index (χ3v) is 5.72. The number of nitrogens with zero attached hydrogens (tertiary/aromatic N) is 1. The van der Waals surface area contributed by atoms with Crippen molar-refractivity contribution in [2.75, 3.05) is 0 Å². The summed E-state index contributed by atoms with van der Waals surface area (Å²) in [5, 5.41) is 10.6. The van der Waals surface area contributed by atoms with E-state index in [2.05, 4.69) is 0 Å². The molecule has 0 saturated carbocycles. The average molecular weight is 298 g/mol. The molecule has 1 aromatic carbocycles. The molecule has 6 nitrogen and oxygen atoms in total. The molecule has 0 unspecified atom stereocenters. The zero-order valence-electron chi connectivity index (χ0n) is 7.44. The molecule has 0 spiro atoms. The molecule has 15 heavy (non-hydrogen) atoms. The van der Waals surface area contributed by atoms with Crippen LogP contribution in [0.15, 0.2) is 24.3 Å². The Balaban J connectivity index is 2.83. The SMILES string of the molecule is O=[N+]([O-])c1ccc(C[SeH]=S(=O)(O)O)cc1. The number of nitro groups is 1. The molecule has 0 atom stereocenters. The Bertz CT molecular complexity index is 469. The Morgan fingerprint density at radius 2 is 1.87 bits per heavy atom. The van der Waals surface area contributed by atoms with E-state index in [9.17, 15) is 14.3 Å². The molecular weight excluding hydrogens is 289 g/mol. The van der Waals surface area contributed by atoms with Gasteiger partial charge in [-0.1, -0.05) is 0 Å². The van der Waals surface area contributed by atoms with Crippen LogP contribution in [0.5, 0.6) is 0 Å². The minimum atomic E-state index is -3.64. The number of hydrogen-bond donors (Lipinski definition) is 2. The van der Waals surface area contributed by atoms with Crippen LogP contribution in [-0.2, 0) is 13.7 Å². The van der Waals surface area contributed by atoms with Gasteiger partial charge >= 0.3 is 90.9 Å². The maximum absolute atomic E-state index is 10.6. The fourth-order valence-corrected chi connectivity index (χ4v) is 3.64. The molecule has 0 aliphatic rings. The van der Waals surface area contributed by atoms with Gasteiger partial charge in [-0.2, -0.15) is 0 Å². The summed E-state index contributed by atoms with van der Waals surface area (Å²) in [4.78, 5) is 9.80. The first-order valence-corrected chi connectivity index (χ1v) is 8.85. The topological polar surface area (TPSA) is 101 Å². The van der Waals surface area contributed by atoms with Crippen molar-refractivity contribution >= 4 is 27.4 Å². The van der Waals surface area contributed by atoms with E-state index in [1.54, 1.807) is 0 Å². The number of benzene rings is 1. The zero-order valence-corrected chi connectivity index (χ0v) is 10.1.